The molecule has 0 atom stereocenters. The van der Waals surface area contributed by atoms with Gasteiger partial charge in [-0.2, -0.15) is 4.31 Å². The van der Waals surface area contributed by atoms with E-state index in [1.54, 1.807) is 28.6 Å². The minimum atomic E-state index is -3.33. The average molecular weight is 297 g/mol. The molecule has 5 heteroatoms. The molecule has 2 rings (SSSR count). The number of benzene rings is 1. The van der Waals surface area contributed by atoms with Crippen LogP contribution in [0.4, 0.5) is 0 Å². The number of hydrogen-bond donors (Lipinski definition) is 0. The molecule has 0 spiro atoms. The fourth-order valence-corrected chi connectivity index (χ4v) is 3.74. The fourth-order valence-electron chi connectivity index (χ4n) is 2.23. The Labute approximate surface area is 121 Å². The van der Waals surface area contributed by atoms with Crippen LogP contribution in [0.1, 0.15) is 33.1 Å². The predicted octanol–water partition coefficient (Wildman–Crippen LogP) is 2.90. The van der Waals surface area contributed by atoms with Gasteiger partial charge >= 0.3 is 0 Å². The van der Waals surface area contributed by atoms with Crippen LogP contribution < -0.4 is 4.74 Å². The van der Waals surface area contributed by atoms with Crippen LogP contribution in [0.5, 0.6) is 5.75 Å². The Bertz CT molecular complexity index is 517. The van der Waals surface area contributed by atoms with Gasteiger partial charge in [0.1, 0.15) is 5.75 Å². The molecule has 1 heterocycles. The maximum Gasteiger partial charge on any atom is 0.243 e. The Balaban J connectivity index is 2.08. The zero-order valence-corrected chi connectivity index (χ0v) is 13.0. The summed E-state index contributed by atoms with van der Waals surface area (Å²) in [6.45, 7) is 6.06. The van der Waals surface area contributed by atoms with Crippen LogP contribution in [0.15, 0.2) is 29.2 Å². The van der Waals surface area contributed by atoms with Crippen molar-refractivity contribution in [1.82, 2.24) is 4.31 Å². The normalized spacial score (nSPS) is 17.4. The zero-order chi connectivity index (χ0) is 14.6. The van der Waals surface area contributed by atoms with Crippen molar-refractivity contribution in [3.8, 4) is 5.75 Å². The summed E-state index contributed by atoms with van der Waals surface area (Å²) in [6.07, 6.45) is 3.03. The lowest BCUT2D eigenvalue weighted by Crippen LogP contribution is -2.35. The first-order valence-electron chi connectivity index (χ1n) is 7.23. The lowest BCUT2D eigenvalue weighted by molar-refractivity contribution is 0.271. The SMILES string of the molecule is CC(C)COc1ccc(S(=O)(=O)N2CCCCC2)cc1. The quantitative estimate of drug-likeness (QED) is 0.839. The third-order valence-corrected chi connectivity index (χ3v) is 5.27. The van der Waals surface area contributed by atoms with E-state index in [0.717, 1.165) is 25.0 Å². The molecule has 0 amide bonds. The van der Waals surface area contributed by atoms with Crippen molar-refractivity contribution in [2.75, 3.05) is 19.7 Å². The van der Waals surface area contributed by atoms with Gasteiger partial charge in [-0.1, -0.05) is 20.3 Å². The second kappa shape index (κ2) is 6.59. The summed E-state index contributed by atoms with van der Waals surface area (Å²) in [5.74, 6) is 1.17. The molecule has 0 bridgehead atoms. The first kappa shape index (κ1) is 15.3. The molecule has 0 aliphatic carbocycles. The van der Waals surface area contributed by atoms with Gasteiger partial charge in [0.15, 0.2) is 0 Å². The van der Waals surface area contributed by atoms with Crippen LogP contribution in [0.3, 0.4) is 0 Å². The monoisotopic (exact) mass is 297 g/mol. The molecule has 1 aliphatic heterocycles. The second-order valence-corrected chi connectivity index (χ2v) is 7.58. The second-order valence-electron chi connectivity index (χ2n) is 5.64. The highest BCUT2D eigenvalue weighted by atomic mass is 32.2. The standard InChI is InChI=1S/C15H23NO3S/c1-13(2)12-19-14-6-8-15(9-7-14)20(17,18)16-10-4-3-5-11-16/h6-9,13H,3-5,10-12H2,1-2H3. The Kier molecular flexibility index (Phi) is 5.05. The van der Waals surface area contributed by atoms with Crippen LogP contribution >= 0.6 is 0 Å². The summed E-state index contributed by atoms with van der Waals surface area (Å²) >= 11 is 0. The summed E-state index contributed by atoms with van der Waals surface area (Å²) in [4.78, 5) is 0.358. The molecule has 0 aromatic heterocycles. The van der Waals surface area contributed by atoms with Gasteiger partial charge in [-0.15, -0.1) is 0 Å². The van der Waals surface area contributed by atoms with E-state index in [9.17, 15) is 8.42 Å². The molecule has 1 aromatic rings. The minimum Gasteiger partial charge on any atom is -0.493 e. The molecule has 0 saturated carbocycles. The highest BCUT2D eigenvalue weighted by molar-refractivity contribution is 7.89. The van der Waals surface area contributed by atoms with Crippen molar-refractivity contribution in [2.24, 2.45) is 5.92 Å². The number of piperidine rings is 1. The summed E-state index contributed by atoms with van der Waals surface area (Å²) < 4.78 is 32.1. The van der Waals surface area contributed by atoms with Gasteiger partial charge in [0.05, 0.1) is 11.5 Å². The van der Waals surface area contributed by atoms with Crippen LogP contribution in [0.25, 0.3) is 0 Å². The first-order chi connectivity index (χ1) is 9.50. The van der Waals surface area contributed by atoms with Gasteiger partial charge in [-0.3, -0.25) is 0 Å². The highest BCUT2D eigenvalue weighted by Crippen LogP contribution is 2.22. The molecule has 0 N–H and O–H groups in total. The lowest BCUT2D eigenvalue weighted by Gasteiger charge is -2.25. The minimum absolute atomic E-state index is 0.358. The molecule has 20 heavy (non-hydrogen) atoms. The maximum absolute atomic E-state index is 12.4. The van der Waals surface area contributed by atoms with E-state index in [0.29, 0.717) is 30.5 Å². The van der Waals surface area contributed by atoms with E-state index in [1.807, 2.05) is 0 Å². The van der Waals surface area contributed by atoms with Crippen molar-refractivity contribution >= 4 is 10.0 Å². The van der Waals surface area contributed by atoms with Crippen molar-refractivity contribution in [1.29, 1.82) is 0 Å². The molecule has 0 radical (unpaired) electrons. The van der Waals surface area contributed by atoms with E-state index < -0.39 is 10.0 Å². The molecule has 1 fully saturated rings. The smallest absolute Gasteiger partial charge is 0.243 e. The molecule has 1 saturated heterocycles. The summed E-state index contributed by atoms with van der Waals surface area (Å²) in [7, 11) is -3.33. The van der Waals surface area contributed by atoms with Gasteiger partial charge in [0, 0.05) is 13.1 Å². The summed E-state index contributed by atoms with van der Waals surface area (Å²) in [6, 6.07) is 6.75. The van der Waals surface area contributed by atoms with E-state index >= 15 is 0 Å². The Morgan fingerprint density at radius 3 is 2.25 bits per heavy atom. The number of hydrogen-bond acceptors (Lipinski definition) is 3. The van der Waals surface area contributed by atoms with E-state index in [-0.39, 0.29) is 0 Å². The van der Waals surface area contributed by atoms with Crippen molar-refractivity contribution in [3.05, 3.63) is 24.3 Å². The van der Waals surface area contributed by atoms with Gasteiger partial charge in [-0.05, 0) is 43.0 Å². The third-order valence-electron chi connectivity index (χ3n) is 3.36. The first-order valence-corrected chi connectivity index (χ1v) is 8.67. The van der Waals surface area contributed by atoms with E-state index in [1.165, 1.54) is 0 Å². The predicted molar refractivity (Wildman–Crippen MR) is 79.4 cm³/mol. The molecule has 112 valence electrons. The average Bonchev–Trinajstić information content (AvgIpc) is 2.46. The van der Waals surface area contributed by atoms with Gasteiger partial charge < -0.3 is 4.74 Å². The topological polar surface area (TPSA) is 46.6 Å². The summed E-state index contributed by atoms with van der Waals surface area (Å²) in [5, 5.41) is 0. The van der Waals surface area contributed by atoms with E-state index in [4.69, 9.17) is 4.74 Å². The van der Waals surface area contributed by atoms with Crippen molar-refractivity contribution in [3.63, 3.8) is 0 Å². The van der Waals surface area contributed by atoms with Gasteiger partial charge in [0.2, 0.25) is 10.0 Å². The van der Waals surface area contributed by atoms with Crippen LogP contribution in [0, 0.1) is 5.92 Å². The van der Waals surface area contributed by atoms with Crippen LogP contribution in [-0.4, -0.2) is 32.4 Å². The highest BCUT2D eigenvalue weighted by Gasteiger charge is 2.25. The van der Waals surface area contributed by atoms with Gasteiger partial charge in [-0.25, -0.2) is 8.42 Å². The molecular weight excluding hydrogens is 274 g/mol. The molecule has 0 unspecified atom stereocenters. The molecule has 1 aromatic carbocycles. The number of ether oxygens (including phenoxy) is 1. The molecule has 4 nitrogen and oxygen atoms in total. The van der Waals surface area contributed by atoms with Crippen molar-refractivity contribution < 1.29 is 13.2 Å². The lowest BCUT2D eigenvalue weighted by atomic mass is 10.2. The molecule has 1 aliphatic rings. The number of nitrogens with zero attached hydrogens (tertiary/aromatic N) is 1. The fraction of sp³-hybridized carbons (Fsp3) is 0.600. The van der Waals surface area contributed by atoms with Crippen LogP contribution in [0.2, 0.25) is 0 Å². The third kappa shape index (κ3) is 3.73. The largest absolute Gasteiger partial charge is 0.493 e. The molecular formula is C15H23NO3S. The zero-order valence-electron chi connectivity index (χ0n) is 12.2. The number of rotatable bonds is 5. The Morgan fingerprint density at radius 2 is 1.70 bits per heavy atom. The van der Waals surface area contributed by atoms with Gasteiger partial charge in [0.25, 0.3) is 0 Å². The Morgan fingerprint density at radius 1 is 1.10 bits per heavy atom. The van der Waals surface area contributed by atoms with Crippen LogP contribution in [-0.2, 0) is 10.0 Å². The van der Waals surface area contributed by atoms with E-state index in [2.05, 4.69) is 13.8 Å². The van der Waals surface area contributed by atoms with Crippen molar-refractivity contribution in [2.45, 2.75) is 38.0 Å². The number of sulfonamides is 1. The Hall–Kier alpha value is -1.07. The maximum atomic E-state index is 12.4. The summed E-state index contributed by atoms with van der Waals surface area (Å²) in [5.41, 5.74) is 0.